The van der Waals surface area contributed by atoms with Gasteiger partial charge in [-0.2, -0.15) is 5.10 Å². The second-order valence-corrected chi connectivity index (χ2v) is 9.93. The molecule has 2 saturated carbocycles. The summed E-state index contributed by atoms with van der Waals surface area (Å²) in [6.07, 6.45) is 7.68. The number of anilines is 2. The highest BCUT2D eigenvalue weighted by Crippen LogP contribution is 2.50. The van der Waals surface area contributed by atoms with Crippen LogP contribution in [0.4, 0.5) is 11.5 Å². The van der Waals surface area contributed by atoms with Crippen molar-refractivity contribution >= 4 is 29.2 Å². The van der Waals surface area contributed by atoms with Crippen molar-refractivity contribution in [3.05, 3.63) is 36.3 Å². The van der Waals surface area contributed by atoms with E-state index in [-0.39, 0.29) is 23.6 Å². The molecule has 0 unspecified atom stereocenters. The monoisotopic (exact) mass is 479 g/mol. The molecule has 3 heterocycles. The number of aromatic nitrogens is 3. The van der Waals surface area contributed by atoms with Crippen molar-refractivity contribution in [2.75, 3.05) is 36.4 Å². The van der Waals surface area contributed by atoms with E-state index in [0.717, 1.165) is 44.6 Å². The van der Waals surface area contributed by atoms with Gasteiger partial charge in [0.05, 0.1) is 11.9 Å². The van der Waals surface area contributed by atoms with E-state index >= 15 is 0 Å². The number of rotatable bonds is 8. The van der Waals surface area contributed by atoms with Gasteiger partial charge in [-0.15, -0.1) is 0 Å². The van der Waals surface area contributed by atoms with Crippen LogP contribution in [0.3, 0.4) is 0 Å². The predicted octanol–water partition coefficient (Wildman–Crippen LogP) is 1.66. The molecule has 10 heteroatoms. The Balaban J connectivity index is 1.27. The largest absolute Gasteiger partial charge is 0.353 e. The first-order valence-corrected chi connectivity index (χ1v) is 12.5. The molecule has 2 aromatic heterocycles. The molecule has 186 valence electrons. The molecule has 2 aliphatic carbocycles. The average Bonchev–Trinajstić information content (AvgIpc) is 3.79. The Hall–Kier alpha value is -3.43. The number of carbonyl (C=O) groups is 3. The Morgan fingerprint density at radius 2 is 1.69 bits per heavy atom. The Morgan fingerprint density at radius 1 is 1.00 bits per heavy atom. The Morgan fingerprint density at radius 3 is 2.20 bits per heavy atom. The summed E-state index contributed by atoms with van der Waals surface area (Å²) in [7, 11) is 1.72. The highest BCUT2D eigenvalue weighted by Gasteiger charge is 2.48. The summed E-state index contributed by atoms with van der Waals surface area (Å²) in [5, 5.41) is 10.1. The highest BCUT2D eigenvalue weighted by atomic mass is 16.2. The summed E-state index contributed by atoms with van der Waals surface area (Å²) in [4.78, 5) is 46.5. The number of hydrogen-bond acceptors (Lipinski definition) is 6. The van der Waals surface area contributed by atoms with Crippen LogP contribution in [0.15, 0.2) is 30.6 Å². The van der Waals surface area contributed by atoms with Crippen LogP contribution in [0, 0.1) is 17.8 Å². The predicted molar refractivity (Wildman–Crippen MR) is 131 cm³/mol. The van der Waals surface area contributed by atoms with Crippen molar-refractivity contribution in [2.45, 2.75) is 38.6 Å². The first-order chi connectivity index (χ1) is 16.9. The third-order valence-corrected chi connectivity index (χ3v) is 7.40. The fraction of sp³-hybridized carbons (Fsp3) is 0.560. The van der Waals surface area contributed by atoms with Crippen LogP contribution in [0.1, 0.15) is 43.1 Å². The number of nitrogens with one attached hydrogen (secondary N) is 2. The van der Waals surface area contributed by atoms with E-state index in [4.69, 9.17) is 0 Å². The standard InChI is InChI=1S/C25H33N7O3/c1-16(33)31-11-13-32(14-12-31)21-8-7-19(15-26-21)28-25(35)23(22(17-3-4-17)18-5-6-18)29-24(34)20-9-10-27-30(20)2/h7-10,15,17-18,22-23H,3-6,11-14H2,1-2H3,(H,28,35)(H,29,34)/t23-/m0/s1. The normalized spacial score (nSPS) is 18.9. The second kappa shape index (κ2) is 9.67. The SMILES string of the molecule is CC(=O)N1CCN(c2ccc(NC(=O)[C@@H](NC(=O)c3ccnn3C)C(C3CC3)C3CC3)cn2)CC1. The maximum Gasteiger partial charge on any atom is 0.270 e. The highest BCUT2D eigenvalue weighted by molar-refractivity contribution is 6.00. The third kappa shape index (κ3) is 5.31. The van der Waals surface area contributed by atoms with E-state index in [1.165, 1.54) is 4.68 Å². The number of aryl methyl sites for hydroxylation is 1. The fourth-order valence-electron chi connectivity index (χ4n) is 5.16. The lowest BCUT2D eigenvalue weighted by atomic mass is 9.88. The van der Waals surface area contributed by atoms with Gasteiger partial charge in [0.25, 0.3) is 5.91 Å². The van der Waals surface area contributed by atoms with E-state index in [2.05, 4.69) is 25.6 Å². The van der Waals surface area contributed by atoms with Gasteiger partial charge in [-0.25, -0.2) is 4.98 Å². The van der Waals surface area contributed by atoms with E-state index in [1.54, 1.807) is 32.4 Å². The molecule has 10 nitrogen and oxygen atoms in total. The van der Waals surface area contributed by atoms with Gasteiger partial charge in [0, 0.05) is 46.3 Å². The van der Waals surface area contributed by atoms with Gasteiger partial charge >= 0.3 is 0 Å². The molecule has 0 aromatic carbocycles. The van der Waals surface area contributed by atoms with Crippen molar-refractivity contribution in [3.8, 4) is 0 Å². The van der Waals surface area contributed by atoms with Crippen LogP contribution in [-0.2, 0) is 16.6 Å². The van der Waals surface area contributed by atoms with Crippen LogP contribution >= 0.6 is 0 Å². The molecule has 1 saturated heterocycles. The zero-order valence-corrected chi connectivity index (χ0v) is 20.3. The molecule has 3 fully saturated rings. The van der Waals surface area contributed by atoms with Crippen molar-refractivity contribution in [1.29, 1.82) is 0 Å². The number of hydrogen-bond donors (Lipinski definition) is 2. The molecule has 1 aliphatic heterocycles. The van der Waals surface area contributed by atoms with Crippen molar-refractivity contribution in [3.63, 3.8) is 0 Å². The van der Waals surface area contributed by atoms with Crippen molar-refractivity contribution < 1.29 is 14.4 Å². The Labute approximate surface area is 205 Å². The molecule has 2 aromatic rings. The maximum absolute atomic E-state index is 13.5. The molecule has 0 radical (unpaired) electrons. The Kier molecular flexibility index (Phi) is 6.44. The quantitative estimate of drug-likeness (QED) is 0.596. The van der Waals surface area contributed by atoms with Gasteiger partial charge in [-0.3, -0.25) is 19.1 Å². The maximum atomic E-state index is 13.5. The number of carbonyl (C=O) groups excluding carboxylic acids is 3. The first kappa shape index (κ1) is 23.3. The average molecular weight is 480 g/mol. The van der Waals surface area contributed by atoms with Crippen LogP contribution in [0.5, 0.6) is 0 Å². The third-order valence-electron chi connectivity index (χ3n) is 7.40. The summed E-state index contributed by atoms with van der Waals surface area (Å²) in [5.74, 6) is 1.55. The van der Waals surface area contributed by atoms with E-state index < -0.39 is 6.04 Å². The summed E-state index contributed by atoms with van der Waals surface area (Å²) in [6.45, 7) is 4.40. The molecule has 3 amide bonds. The first-order valence-electron chi connectivity index (χ1n) is 12.5. The molecule has 0 spiro atoms. The van der Waals surface area contributed by atoms with Crippen molar-refractivity contribution in [1.82, 2.24) is 25.0 Å². The molecular formula is C25H33N7O3. The number of pyridine rings is 1. The molecule has 3 aliphatic rings. The molecule has 35 heavy (non-hydrogen) atoms. The number of amides is 3. The van der Waals surface area contributed by atoms with Gasteiger partial charge in [-0.1, -0.05) is 0 Å². The minimum absolute atomic E-state index is 0.0939. The molecule has 1 atom stereocenters. The summed E-state index contributed by atoms with van der Waals surface area (Å²) >= 11 is 0. The van der Waals surface area contributed by atoms with E-state index in [1.807, 2.05) is 17.0 Å². The second-order valence-electron chi connectivity index (χ2n) is 9.93. The summed E-state index contributed by atoms with van der Waals surface area (Å²) in [6, 6.07) is 4.80. The van der Waals surface area contributed by atoms with E-state index in [0.29, 0.717) is 36.3 Å². The van der Waals surface area contributed by atoms with Gasteiger partial charge in [-0.05, 0) is 61.6 Å². The van der Waals surface area contributed by atoms with Gasteiger partial charge in [0.15, 0.2) is 0 Å². The minimum atomic E-state index is -0.600. The van der Waals surface area contributed by atoms with Crippen LogP contribution in [0.25, 0.3) is 0 Å². The lowest BCUT2D eigenvalue weighted by Crippen LogP contribution is -2.50. The zero-order valence-electron chi connectivity index (χ0n) is 20.3. The lowest BCUT2D eigenvalue weighted by molar-refractivity contribution is -0.129. The molecular weight excluding hydrogens is 446 g/mol. The summed E-state index contributed by atoms with van der Waals surface area (Å²) < 4.78 is 1.52. The topological polar surface area (TPSA) is 112 Å². The number of piperazine rings is 1. The van der Waals surface area contributed by atoms with Gasteiger partial charge < -0.3 is 20.4 Å². The van der Waals surface area contributed by atoms with Gasteiger partial charge in [0.1, 0.15) is 17.6 Å². The van der Waals surface area contributed by atoms with E-state index in [9.17, 15) is 14.4 Å². The number of nitrogens with zero attached hydrogens (tertiary/aromatic N) is 5. The van der Waals surface area contributed by atoms with Gasteiger partial charge in [0.2, 0.25) is 11.8 Å². The minimum Gasteiger partial charge on any atom is -0.353 e. The lowest BCUT2D eigenvalue weighted by Gasteiger charge is -2.34. The van der Waals surface area contributed by atoms with Crippen LogP contribution in [0.2, 0.25) is 0 Å². The summed E-state index contributed by atoms with van der Waals surface area (Å²) in [5.41, 5.74) is 1.04. The van der Waals surface area contributed by atoms with Crippen molar-refractivity contribution in [2.24, 2.45) is 24.8 Å². The molecule has 2 N–H and O–H groups in total. The zero-order chi connectivity index (χ0) is 24.5. The Bertz CT molecular complexity index is 1070. The smallest absolute Gasteiger partial charge is 0.270 e. The molecule has 0 bridgehead atoms. The van der Waals surface area contributed by atoms with Crippen LogP contribution < -0.4 is 15.5 Å². The fourth-order valence-corrected chi connectivity index (χ4v) is 5.16. The molecule has 5 rings (SSSR count). The van der Waals surface area contributed by atoms with Crippen LogP contribution in [-0.4, -0.2) is 69.6 Å².